The van der Waals surface area contributed by atoms with Gasteiger partial charge in [0.05, 0.1) is 18.2 Å². The number of carbonyl (C=O) groups is 3. The van der Waals surface area contributed by atoms with Gasteiger partial charge in [-0.25, -0.2) is 9.29 Å². The Labute approximate surface area is 168 Å². The van der Waals surface area contributed by atoms with Crippen molar-refractivity contribution in [2.75, 3.05) is 18.0 Å². The fourth-order valence-corrected chi connectivity index (χ4v) is 4.05. The van der Waals surface area contributed by atoms with Crippen molar-refractivity contribution in [1.29, 1.82) is 0 Å². The van der Waals surface area contributed by atoms with Gasteiger partial charge in [-0.2, -0.15) is 0 Å². The summed E-state index contributed by atoms with van der Waals surface area (Å²) in [7, 11) is 0. The molecule has 0 saturated carbocycles. The molecule has 0 bridgehead atoms. The van der Waals surface area contributed by atoms with Crippen molar-refractivity contribution < 1.29 is 24.1 Å². The summed E-state index contributed by atoms with van der Waals surface area (Å²) in [6, 6.07) is 14.3. The Hall–Kier alpha value is -3.06. The van der Waals surface area contributed by atoms with Gasteiger partial charge in [-0.15, -0.1) is 0 Å². The van der Waals surface area contributed by atoms with Gasteiger partial charge in [-0.1, -0.05) is 18.2 Å². The van der Waals surface area contributed by atoms with Crippen LogP contribution < -0.4 is 10.2 Å². The first-order valence-electron chi connectivity index (χ1n) is 9.84. The highest BCUT2D eigenvalue weighted by molar-refractivity contribution is 6.21. The van der Waals surface area contributed by atoms with Gasteiger partial charge in [0.15, 0.2) is 6.04 Å². The van der Waals surface area contributed by atoms with Crippen molar-refractivity contribution in [2.24, 2.45) is 0 Å². The molecule has 4 rings (SSSR count). The molecule has 2 N–H and O–H groups in total. The Morgan fingerprint density at radius 2 is 1.62 bits per heavy atom. The summed E-state index contributed by atoms with van der Waals surface area (Å²) in [6.45, 7) is 1.26. The molecule has 0 radical (unpaired) electrons. The summed E-state index contributed by atoms with van der Waals surface area (Å²) in [5.41, 5.74) is 1.09. The first kappa shape index (κ1) is 19.3. The Morgan fingerprint density at radius 1 is 0.966 bits per heavy atom. The van der Waals surface area contributed by atoms with Crippen LogP contribution in [-0.4, -0.2) is 47.8 Å². The molecule has 7 heteroatoms. The highest BCUT2D eigenvalue weighted by Gasteiger charge is 2.43. The number of nitrogens with two attached hydrogens (primary N) is 1. The average molecular weight is 396 g/mol. The normalized spacial score (nSPS) is 20.4. The maximum Gasteiger partial charge on any atom is 0.292 e. The van der Waals surface area contributed by atoms with Crippen LogP contribution in [-0.2, 0) is 9.59 Å². The molecule has 150 valence electrons. The first-order chi connectivity index (χ1) is 14.0. The topological polar surface area (TPSA) is 74.3 Å². The van der Waals surface area contributed by atoms with Crippen molar-refractivity contribution in [3.05, 3.63) is 66.0 Å². The molecule has 2 saturated heterocycles. The quantitative estimate of drug-likeness (QED) is 0.793. The molecule has 2 heterocycles. The fourth-order valence-electron chi connectivity index (χ4n) is 4.05. The molecule has 1 atom stereocenters. The number of benzene rings is 2. The van der Waals surface area contributed by atoms with Crippen LogP contribution in [0.15, 0.2) is 54.6 Å². The minimum Gasteiger partial charge on any atom is -0.338 e. The van der Waals surface area contributed by atoms with E-state index in [1.807, 2.05) is 40.5 Å². The number of nitrogens with zero attached hydrogens (tertiary/aromatic N) is 2. The van der Waals surface area contributed by atoms with Gasteiger partial charge >= 0.3 is 0 Å². The van der Waals surface area contributed by atoms with E-state index in [0.717, 1.165) is 17.7 Å². The number of halogens is 1. The number of carbonyl (C=O) groups excluding carboxylic acids is 3. The SMILES string of the molecule is O=C(c1ccccc1)N1CCC([NH2+][C@@H]2CC(=O)N(c3ccc(F)cc3)C2=O)CC1. The number of amides is 3. The third-order valence-corrected chi connectivity index (χ3v) is 5.62. The van der Waals surface area contributed by atoms with Crippen LogP contribution >= 0.6 is 0 Å². The summed E-state index contributed by atoms with van der Waals surface area (Å²) >= 11 is 0. The molecular formula is C22H23FN3O3+. The second-order valence-electron chi connectivity index (χ2n) is 7.54. The number of likely N-dealkylation sites (tertiary alicyclic amines) is 1. The highest BCUT2D eigenvalue weighted by atomic mass is 19.1. The van der Waals surface area contributed by atoms with Gasteiger partial charge in [0, 0.05) is 31.5 Å². The van der Waals surface area contributed by atoms with Crippen molar-refractivity contribution in [3.63, 3.8) is 0 Å². The van der Waals surface area contributed by atoms with Crippen molar-refractivity contribution in [1.82, 2.24) is 4.90 Å². The molecule has 0 aliphatic carbocycles. The second-order valence-corrected chi connectivity index (χ2v) is 7.54. The summed E-state index contributed by atoms with van der Waals surface area (Å²) < 4.78 is 13.1. The molecule has 2 aliphatic heterocycles. The predicted molar refractivity (Wildman–Crippen MR) is 105 cm³/mol. The lowest BCUT2D eigenvalue weighted by Crippen LogP contribution is -2.97. The lowest BCUT2D eigenvalue weighted by atomic mass is 10.0. The molecule has 0 unspecified atom stereocenters. The van der Waals surface area contributed by atoms with Crippen LogP contribution in [0.4, 0.5) is 10.1 Å². The number of hydrogen-bond donors (Lipinski definition) is 1. The van der Waals surface area contributed by atoms with Crippen LogP contribution in [0.5, 0.6) is 0 Å². The van der Waals surface area contributed by atoms with Gasteiger partial charge in [-0.3, -0.25) is 14.4 Å². The van der Waals surface area contributed by atoms with Crippen LogP contribution in [0.25, 0.3) is 0 Å². The second kappa shape index (κ2) is 8.13. The first-order valence-corrected chi connectivity index (χ1v) is 9.84. The number of quaternary nitrogens is 1. The molecule has 6 nitrogen and oxygen atoms in total. The van der Waals surface area contributed by atoms with Gasteiger partial charge in [0.1, 0.15) is 5.82 Å². The van der Waals surface area contributed by atoms with E-state index in [1.54, 1.807) is 0 Å². The number of imide groups is 1. The minimum atomic E-state index is -0.464. The maximum absolute atomic E-state index is 13.1. The summed E-state index contributed by atoms with van der Waals surface area (Å²) in [4.78, 5) is 40.6. The van der Waals surface area contributed by atoms with Crippen LogP contribution in [0, 0.1) is 5.82 Å². The number of rotatable bonds is 4. The highest BCUT2D eigenvalue weighted by Crippen LogP contribution is 2.22. The van der Waals surface area contributed by atoms with E-state index >= 15 is 0 Å². The summed E-state index contributed by atoms with van der Waals surface area (Å²) in [5.74, 6) is -0.907. The van der Waals surface area contributed by atoms with Crippen LogP contribution in [0.2, 0.25) is 0 Å². The van der Waals surface area contributed by atoms with E-state index in [4.69, 9.17) is 0 Å². The third kappa shape index (κ3) is 4.05. The number of hydrogen-bond acceptors (Lipinski definition) is 3. The van der Waals surface area contributed by atoms with Crippen molar-refractivity contribution in [3.8, 4) is 0 Å². The van der Waals surface area contributed by atoms with Crippen molar-refractivity contribution in [2.45, 2.75) is 31.3 Å². The van der Waals surface area contributed by atoms with Crippen LogP contribution in [0.3, 0.4) is 0 Å². The Bertz CT molecular complexity index is 909. The van der Waals surface area contributed by atoms with E-state index in [9.17, 15) is 18.8 Å². The van der Waals surface area contributed by atoms with Crippen LogP contribution in [0.1, 0.15) is 29.6 Å². The zero-order valence-electron chi connectivity index (χ0n) is 16.0. The number of piperidine rings is 1. The van der Waals surface area contributed by atoms with E-state index in [2.05, 4.69) is 0 Å². The molecule has 3 amide bonds. The van der Waals surface area contributed by atoms with Gasteiger partial charge < -0.3 is 10.2 Å². The van der Waals surface area contributed by atoms with E-state index in [0.29, 0.717) is 24.3 Å². The Balaban J connectivity index is 1.34. The summed E-state index contributed by atoms with van der Waals surface area (Å²) in [5, 5.41) is 1.97. The lowest BCUT2D eigenvalue weighted by Gasteiger charge is -2.31. The molecule has 0 aromatic heterocycles. The Kier molecular flexibility index (Phi) is 5.40. The molecule has 2 aromatic carbocycles. The maximum atomic E-state index is 13.1. The van der Waals surface area contributed by atoms with Crippen molar-refractivity contribution >= 4 is 23.4 Å². The molecule has 29 heavy (non-hydrogen) atoms. The zero-order chi connectivity index (χ0) is 20.4. The van der Waals surface area contributed by atoms with Gasteiger partial charge in [0.25, 0.3) is 11.8 Å². The molecule has 2 fully saturated rings. The monoisotopic (exact) mass is 396 g/mol. The fraction of sp³-hybridized carbons (Fsp3) is 0.318. The predicted octanol–water partition coefficient (Wildman–Crippen LogP) is 1.33. The average Bonchev–Trinajstić information content (AvgIpc) is 3.02. The standard InChI is InChI=1S/C22H22FN3O3/c23-16-6-8-18(9-7-16)26-20(27)14-19(22(26)29)24-17-10-12-25(13-11-17)21(28)15-4-2-1-3-5-15/h1-9,17,19,24H,10-14H2/p+1/t19-/m1/s1. The van der Waals surface area contributed by atoms with Gasteiger partial charge in [-0.05, 0) is 36.4 Å². The zero-order valence-corrected chi connectivity index (χ0v) is 16.0. The largest absolute Gasteiger partial charge is 0.338 e. The molecular weight excluding hydrogens is 373 g/mol. The van der Waals surface area contributed by atoms with Gasteiger partial charge in [0.2, 0.25) is 5.91 Å². The lowest BCUT2D eigenvalue weighted by molar-refractivity contribution is -0.709. The number of anilines is 1. The van der Waals surface area contributed by atoms with E-state index < -0.39 is 11.9 Å². The third-order valence-electron chi connectivity index (χ3n) is 5.62. The van der Waals surface area contributed by atoms with E-state index in [1.165, 1.54) is 24.3 Å². The van der Waals surface area contributed by atoms with E-state index in [-0.39, 0.29) is 30.2 Å². The summed E-state index contributed by atoms with van der Waals surface area (Å²) in [6.07, 6.45) is 1.68. The Morgan fingerprint density at radius 3 is 2.28 bits per heavy atom. The molecule has 2 aliphatic rings. The molecule has 0 spiro atoms. The minimum absolute atomic E-state index is 0.0265. The molecule has 2 aromatic rings. The smallest absolute Gasteiger partial charge is 0.292 e.